The van der Waals surface area contributed by atoms with Gasteiger partial charge in [-0.05, 0) is 42.0 Å². The number of unbranched alkanes of at least 4 members (excludes halogenated alkanes) is 26. The molecule has 302 valence electrons. The summed E-state index contributed by atoms with van der Waals surface area (Å²) in [5.41, 5.74) is 2.22. The highest BCUT2D eigenvalue weighted by molar-refractivity contribution is 5.91. The van der Waals surface area contributed by atoms with Gasteiger partial charge in [-0.25, -0.2) is 0 Å². The summed E-state index contributed by atoms with van der Waals surface area (Å²) in [4.78, 5) is 14.4. The van der Waals surface area contributed by atoms with Gasteiger partial charge in [0.25, 0.3) is 0 Å². The van der Waals surface area contributed by atoms with Crippen LogP contribution < -0.4 is 10.2 Å². The molecule has 0 fully saturated rings. The van der Waals surface area contributed by atoms with Crippen molar-refractivity contribution in [2.75, 3.05) is 25.5 Å². The molecule has 0 spiro atoms. The fraction of sp³-hybridized carbons (Fsp3) is 0.816. The van der Waals surface area contributed by atoms with E-state index >= 15 is 0 Å². The Balaban J connectivity index is 2.25. The minimum absolute atomic E-state index is 0.0134. The normalized spacial score (nSPS) is 12.8. The molecule has 1 aromatic carbocycles. The first kappa shape index (κ1) is 48.2. The van der Waals surface area contributed by atoms with Crippen LogP contribution in [0.3, 0.4) is 0 Å². The third kappa shape index (κ3) is 29.7. The van der Waals surface area contributed by atoms with Crippen LogP contribution in [-0.4, -0.2) is 26.5 Å². The van der Waals surface area contributed by atoms with Gasteiger partial charge in [0, 0.05) is 32.4 Å². The lowest BCUT2D eigenvalue weighted by molar-refractivity contribution is -0.116. The number of hydrogen-bond donors (Lipinski definition) is 1. The van der Waals surface area contributed by atoms with E-state index < -0.39 is 0 Å². The zero-order valence-corrected chi connectivity index (χ0v) is 35.8. The van der Waals surface area contributed by atoms with E-state index in [4.69, 9.17) is 0 Å². The Bertz CT molecular complexity index is 922. The summed E-state index contributed by atoms with van der Waals surface area (Å²) in [5.74, 6) is 1.81. The Hall–Kier alpha value is -1.77. The summed E-state index contributed by atoms with van der Waals surface area (Å²) in [6, 6.07) is 8.28. The van der Waals surface area contributed by atoms with Crippen LogP contribution in [0.25, 0.3) is 6.08 Å². The molecule has 0 bridgehead atoms. The van der Waals surface area contributed by atoms with E-state index in [1.54, 1.807) is 6.08 Å². The first-order valence-electron chi connectivity index (χ1n) is 23.2. The molecule has 0 aliphatic heterocycles. The zero-order chi connectivity index (χ0) is 37.7. The number of anilines is 1. The highest BCUT2D eigenvalue weighted by Crippen LogP contribution is 2.30. The largest absolute Gasteiger partial charge is 0.378 e. The molecule has 0 saturated heterocycles. The van der Waals surface area contributed by atoms with Crippen molar-refractivity contribution >= 4 is 17.7 Å². The van der Waals surface area contributed by atoms with Crippen LogP contribution in [0.5, 0.6) is 0 Å². The van der Waals surface area contributed by atoms with Gasteiger partial charge in [-0.3, -0.25) is 4.79 Å². The van der Waals surface area contributed by atoms with E-state index in [2.05, 4.69) is 55.3 Å². The van der Waals surface area contributed by atoms with Crippen molar-refractivity contribution in [1.82, 2.24) is 5.32 Å². The fourth-order valence-corrected chi connectivity index (χ4v) is 7.89. The standard InChI is InChI=1S/C49H90N2O/c1-6-8-10-12-14-16-18-20-22-24-27-31-35-45(3)47(36-32-28-25-23-21-19-17-15-13-11-9-7-2)37-33-29-26-30-34-44-50-49(52)43-40-46-38-41-48(42-39-46)51(4)5/h38-43,45,47H,6-37,44H2,1-5H3,(H,50,52)/b43-40+. The number of benzene rings is 1. The zero-order valence-electron chi connectivity index (χ0n) is 35.8. The van der Waals surface area contributed by atoms with Crippen molar-refractivity contribution in [3.63, 3.8) is 0 Å². The average Bonchev–Trinajstić information content (AvgIpc) is 3.15. The van der Waals surface area contributed by atoms with Gasteiger partial charge in [0.2, 0.25) is 5.91 Å². The molecule has 1 rings (SSSR count). The van der Waals surface area contributed by atoms with Crippen molar-refractivity contribution in [2.24, 2.45) is 11.8 Å². The molecule has 0 aromatic heterocycles. The molecule has 2 unspecified atom stereocenters. The summed E-state index contributed by atoms with van der Waals surface area (Å²) >= 11 is 0. The van der Waals surface area contributed by atoms with Gasteiger partial charge >= 0.3 is 0 Å². The molecule has 3 nitrogen and oxygen atoms in total. The second kappa shape index (κ2) is 36.2. The third-order valence-corrected chi connectivity index (χ3v) is 11.6. The first-order chi connectivity index (χ1) is 25.5. The monoisotopic (exact) mass is 723 g/mol. The molecule has 0 radical (unpaired) electrons. The highest BCUT2D eigenvalue weighted by atomic mass is 16.1. The molecule has 0 aliphatic carbocycles. The smallest absolute Gasteiger partial charge is 0.243 e. The Kier molecular flexibility index (Phi) is 33.6. The van der Waals surface area contributed by atoms with Gasteiger partial charge < -0.3 is 10.2 Å². The Morgan fingerprint density at radius 1 is 0.538 bits per heavy atom. The number of amides is 1. The highest BCUT2D eigenvalue weighted by Gasteiger charge is 2.16. The lowest BCUT2D eigenvalue weighted by atomic mass is 9.81. The van der Waals surface area contributed by atoms with Gasteiger partial charge in [0.05, 0.1) is 0 Å². The van der Waals surface area contributed by atoms with Crippen LogP contribution in [0, 0.1) is 11.8 Å². The number of carbonyl (C=O) groups excluding carboxylic acids is 1. The Labute approximate surface area is 326 Å². The summed E-state index contributed by atoms with van der Waals surface area (Å²) in [5, 5.41) is 3.08. The van der Waals surface area contributed by atoms with Crippen molar-refractivity contribution in [2.45, 2.75) is 226 Å². The fourth-order valence-electron chi connectivity index (χ4n) is 7.89. The van der Waals surface area contributed by atoms with Crippen LogP contribution in [0.15, 0.2) is 30.3 Å². The first-order valence-corrected chi connectivity index (χ1v) is 23.2. The minimum atomic E-state index is 0.0134. The number of carbonyl (C=O) groups is 1. The average molecular weight is 723 g/mol. The van der Waals surface area contributed by atoms with E-state index in [-0.39, 0.29) is 5.91 Å². The number of hydrogen-bond acceptors (Lipinski definition) is 2. The summed E-state index contributed by atoms with van der Waals surface area (Å²) in [6.07, 6.45) is 48.8. The van der Waals surface area contributed by atoms with Gasteiger partial charge in [-0.15, -0.1) is 0 Å². The predicted molar refractivity (Wildman–Crippen MR) is 235 cm³/mol. The molecule has 2 atom stereocenters. The van der Waals surface area contributed by atoms with Crippen LogP contribution in [0.1, 0.15) is 232 Å². The van der Waals surface area contributed by atoms with E-state index in [1.165, 1.54) is 205 Å². The van der Waals surface area contributed by atoms with Crippen LogP contribution in [0.2, 0.25) is 0 Å². The van der Waals surface area contributed by atoms with Gasteiger partial charge in [-0.2, -0.15) is 0 Å². The number of nitrogens with one attached hydrogen (secondary N) is 1. The molecule has 0 heterocycles. The number of nitrogens with zero attached hydrogens (tertiary/aromatic N) is 1. The van der Waals surface area contributed by atoms with Crippen molar-refractivity contribution in [3.05, 3.63) is 35.9 Å². The molecule has 0 saturated carbocycles. The Morgan fingerprint density at radius 2 is 0.904 bits per heavy atom. The van der Waals surface area contributed by atoms with Crippen LogP contribution >= 0.6 is 0 Å². The van der Waals surface area contributed by atoms with E-state index in [0.717, 1.165) is 30.4 Å². The number of rotatable bonds is 38. The van der Waals surface area contributed by atoms with Gasteiger partial charge in [-0.1, -0.05) is 232 Å². The molecule has 52 heavy (non-hydrogen) atoms. The van der Waals surface area contributed by atoms with Gasteiger partial charge in [0.15, 0.2) is 0 Å². The Morgan fingerprint density at radius 3 is 1.31 bits per heavy atom. The maximum atomic E-state index is 12.3. The van der Waals surface area contributed by atoms with Crippen LogP contribution in [-0.2, 0) is 4.79 Å². The molecule has 3 heteroatoms. The van der Waals surface area contributed by atoms with E-state index in [9.17, 15) is 4.79 Å². The van der Waals surface area contributed by atoms with Gasteiger partial charge in [0.1, 0.15) is 0 Å². The summed E-state index contributed by atoms with van der Waals surface area (Å²) < 4.78 is 0. The molecule has 1 aromatic rings. The van der Waals surface area contributed by atoms with Crippen molar-refractivity contribution in [3.8, 4) is 0 Å². The van der Waals surface area contributed by atoms with Crippen molar-refractivity contribution in [1.29, 1.82) is 0 Å². The molecule has 0 aliphatic rings. The topological polar surface area (TPSA) is 32.3 Å². The maximum Gasteiger partial charge on any atom is 0.243 e. The second-order valence-corrected chi connectivity index (χ2v) is 16.8. The SMILES string of the molecule is CCCCCCCCCCCCCCC(C)C(CCCCCCCCCCCCCC)CCCCCCCNC(=O)/C=C/c1ccc(N(C)C)cc1. The molecule has 1 N–H and O–H groups in total. The predicted octanol–water partition coefficient (Wildman–Crippen LogP) is 15.7. The summed E-state index contributed by atoms with van der Waals surface area (Å²) in [7, 11) is 4.08. The lowest BCUT2D eigenvalue weighted by Gasteiger charge is -2.24. The van der Waals surface area contributed by atoms with Crippen LogP contribution in [0.4, 0.5) is 5.69 Å². The molecular weight excluding hydrogens is 633 g/mol. The minimum Gasteiger partial charge on any atom is -0.378 e. The van der Waals surface area contributed by atoms with E-state index in [1.807, 2.05) is 20.2 Å². The third-order valence-electron chi connectivity index (χ3n) is 11.6. The molecule has 1 amide bonds. The van der Waals surface area contributed by atoms with Crippen molar-refractivity contribution < 1.29 is 4.79 Å². The molecular formula is C49H90N2O. The lowest BCUT2D eigenvalue weighted by Crippen LogP contribution is -2.21. The quantitative estimate of drug-likeness (QED) is 0.0544. The second-order valence-electron chi connectivity index (χ2n) is 16.8. The maximum absolute atomic E-state index is 12.3. The summed E-state index contributed by atoms with van der Waals surface area (Å²) in [6.45, 7) is 7.98. The van der Waals surface area contributed by atoms with E-state index in [0.29, 0.717) is 0 Å².